The summed E-state index contributed by atoms with van der Waals surface area (Å²) in [5.41, 5.74) is 3.64. The third kappa shape index (κ3) is 2.27. The summed E-state index contributed by atoms with van der Waals surface area (Å²) in [6.45, 7) is 2.11. The number of para-hydroxylation sites is 1. The van der Waals surface area contributed by atoms with Gasteiger partial charge in [-0.3, -0.25) is 0 Å². The fraction of sp³-hybridized carbons (Fsp3) is 0.143. The summed E-state index contributed by atoms with van der Waals surface area (Å²) >= 11 is 3.59. The van der Waals surface area contributed by atoms with Crippen molar-refractivity contribution in [3.63, 3.8) is 0 Å². The van der Waals surface area contributed by atoms with Crippen LogP contribution in [0.1, 0.15) is 5.56 Å². The third-order valence-corrected chi connectivity index (χ3v) is 3.28. The predicted octanol–water partition coefficient (Wildman–Crippen LogP) is 4.53. The van der Waals surface area contributed by atoms with Gasteiger partial charge in [0, 0.05) is 17.2 Å². The smallest absolute Gasteiger partial charge is 0.0555 e. The van der Waals surface area contributed by atoms with Crippen molar-refractivity contribution < 1.29 is 0 Å². The highest BCUT2D eigenvalue weighted by Crippen LogP contribution is 2.31. The van der Waals surface area contributed by atoms with E-state index in [0.29, 0.717) is 0 Å². The summed E-state index contributed by atoms with van der Waals surface area (Å²) in [4.78, 5) is 2.18. The summed E-state index contributed by atoms with van der Waals surface area (Å²) in [7, 11) is 2.08. The van der Waals surface area contributed by atoms with Gasteiger partial charge in [-0.15, -0.1) is 0 Å². The molecule has 16 heavy (non-hydrogen) atoms. The van der Waals surface area contributed by atoms with Gasteiger partial charge >= 0.3 is 0 Å². The Bertz CT molecular complexity index is 479. The number of hydrogen-bond donors (Lipinski definition) is 0. The lowest BCUT2D eigenvalue weighted by atomic mass is 10.2. The normalized spacial score (nSPS) is 10.2. The number of anilines is 2. The molecule has 82 valence electrons. The molecule has 2 rings (SSSR count). The number of halogens is 1. The van der Waals surface area contributed by atoms with Crippen LogP contribution in [0, 0.1) is 6.92 Å². The van der Waals surface area contributed by atoms with Crippen LogP contribution in [0.2, 0.25) is 0 Å². The molecule has 0 saturated carbocycles. The van der Waals surface area contributed by atoms with Gasteiger partial charge in [0.1, 0.15) is 0 Å². The Hall–Kier alpha value is -1.28. The molecule has 0 heterocycles. The monoisotopic (exact) mass is 275 g/mol. The van der Waals surface area contributed by atoms with Crippen molar-refractivity contribution >= 4 is 27.3 Å². The van der Waals surface area contributed by atoms with E-state index in [9.17, 15) is 0 Å². The lowest BCUT2D eigenvalue weighted by Crippen LogP contribution is -2.09. The van der Waals surface area contributed by atoms with Crippen LogP contribution >= 0.6 is 15.9 Å². The Balaban J connectivity index is 2.41. The molecule has 0 aliphatic carbocycles. The minimum Gasteiger partial charge on any atom is -0.344 e. The molecule has 0 aliphatic heterocycles. The van der Waals surface area contributed by atoms with Crippen LogP contribution < -0.4 is 4.90 Å². The highest BCUT2D eigenvalue weighted by Gasteiger charge is 2.07. The number of nitrogens with zero attached hydrogens (tertiary/aromatic N) is 1. The first-order valence-electron chi connectivity index (χ1n) is 5.23. The Morgan fingerprint density at radius 2 is 1.69 bits per heavy atom. The van der Waals surface area contributed by atoms with Crippen LogP contribution in [-0.2, 0) is 0 Å². The van der Waals surface area contributed by atoms with Gasteiger partial charge in [-0.25, -0.2) is 0 Å². The van der Waals surface area contributed by atoms with Gasteiger partial charge in [-0.1, -0.05) is 24.3 Å². The highest BCUT2D eigenvalue weighted by atomic mass is 79.9. The fourth-order valence-electron chi connectivity index (χ4n) is 1.67. The number of hydrogen-bond acceptors (Lipinski definition) is 1. The van der Waals surface area contributed by atoms with Gasteiger partial charge < -0.3 is 4.90 Å². The topological polar surface area (TPSA) is 3.24 Å². The molecule has 2 heteroatoms. The molecule has 0 radical (unpaired) electrons. The Kier molecular flexibility index (Phi) is 3.30. The number of rotatable bonds is 2. The zero-order valence-electron chi connectivity index (χ0n) is 9.44. The van der Waals surface area contributed by atoms with Gasteiger partial charge in [0.15, 0.2) is 0 Å². The summed E-state index contributed by atoms with van der Waals surface area (Å²) < 4.78 is 1.12. The maximum absolute atomic E-state index is 3.59. The molecule has 0 amide bonds. The molecular formula is C14H14BrN. The molecule has 0 atom stereocenters. The molecule has 0 fully saturated rings. The largest absolute Gasteiger partial charge is 0.344 e. The van der Waals surface area contributed by atoms with Crippen molar-refractivity contribution in [2.24, 2.45) is 0 Å². The maximum atomic E-state index is 3.59. The predicted molar refractivity (Wildman–Crippen MR) is 73.4 cm³/mol. The zero-order chi connectivity index (χ0) is 11.5. The molecule has 2 aromatic rings. The summed E-state index contributed by atoms with van der Waals surface area (Å²) in [5, 5.41) is 0. The van der Waals surface area contributed by atoms with Crippen molar-refractivity contribution in [1.29, 1.82) is 0 Å². The van der Waals surface area contributed by atoms with Gasteiger partial charge in [-0.2, -0.15) is 0 Å². The van der Waals surface area contributed by atoms with Crippen molar-refractivity contribution in [1.82, 2.24) is 0 Å². The standard InChI is InChI=1S/C14H14BrN/c1-11-8-9-13(15)14(10-11)16(2)12-6-4-3-5-7-12/h3-10H,1-2H3. The molecule has 0 spiro atoms. The number of aryl methyl sites for hydroxylation is 1. The van der Waals surface area contributed by atoms with E-state index in [1.807, 2.05) is 6.07 Å². The highest BCUT2D eigenvalue weighted by molar-refractivity contribution is 9.10. The van der Waals surface area contributed by atoms with E-state index in [1.165, 1.54) is 16.9 Å². The van der Waals surface area contributed by atoms with E-state index in [2.05, 4.69) is 77.3 Å². The number of benzene rings is 2. The first-order valence-corrected chi connectivity index (χ1v) is 6.03. The van der Waals surface area contributed by atoms with E-state index in [-0.39, 0.29) is 0 Å². The SMILES string of the molecule is Cc1ccc(Br)c(N(C)c2ccccc2)c1. The van der Waals surface area contributed by atoms with Crippen molar-refractivity contribution in [2.45, 2.75) is 6.92 Å². The molecule has 1 nitrogen and oxygen atoms in total. The molecule has 0 unspecified atom stereocenters. The fourth-order valence-corrected chi connectivity index (χ4v) is 2.18. The Morgan fingerprint density at radius 3 is 2.38 bits per heavy atom. The van der Waals surface area contributed by atoms with E-state index in [4.69, 9.17) is 0 Å². The van der Waals surface area contributed by atoms with Crippen LogP contribution in [0.4, 0.5) is 11.4 Å². The molecule has 0 N–H and O–H groups in total. The van der Waals surface area contributed by atoms with Gasteiger partial charge in [0.25, 0.3) is 0 Å². The van der Waals surface area contributed by atoms with Crippen molar-refractivity contribution in [2.75, 3.05) is 11.9 Å². The van der Waals surface area contributed by atoms with E-state index in [1.54, 1.807) is 0 Å². The second-order valence-electron chi connectivity index (χ2n) is 3.85. The Labute approximate surface area is 105 Å². The van der Waals surface area contributed by atoms with E-state index in [0.717, 1.165) is 4.47 Å². The summed E-state index contributed by atoms with van der Waals surface area (Å²) in [5.74, 6) is 0. The molecular weight excluding hydrogens is 262 g/mol. The van der Waals surface area contributed by atoms with Crippen LogP contribution in [-0.4, -0.2) is 7.05 Å². The lowest BCUT2D eigenvalue weighted by Gasteiger charge is -2.21. The minimum atomic E-state index is 1.12. The average Bonchev–Trinajstić information content (AvgIpc) is 2.32. The molecule has 2 aromatic carbocycles. The van der Waals surface area contributed by atoms with Gasteiger partial charge in [0.2, 0.25) is 0 Å². The van der Waals surface area contributed by atoms with E-state index < -0.39 is 0 Å². The third-order valence-electron chi connectivity index (χ3n) is 2.61. The van der Waals surface area contributed by atoms with Crippen LogP contribution in [0.15, 0.2) is 53.0 Å². The zero-order valence-corrected chi connectivity index (χ0v) is 11.0. The molecule has 0 aromatic heterocycles. The lowest BCUT2D eigenvalue weighted by molar-refractivity contribution is 1.19. The molecule has 0 saturated heterocycles. The van der Waals surface area contributed by atoms with Crippen LogP contribution in [0.3, 0.4) is 0 Å². The minimum absolute atomic E-state index is 1.12. The van der Waals surface area contributed by atoms with E-state index >= 15 is 0 Å². The quantitative estimate of drug-likeness (QED) is 0.779. The second-order valence-corrected chi connectivity index (χ2v) is 4.70. The molecule has 0 bridgehead atoms. The Morgan fingerprint density at radius 1 is 1.00 bits per heavy atom. The van der Waals surface area contributed by atoms with Crippen molar-refractivity contribution in [3.05, 3.63) is 58.6 Å². The van der Waals surface area contributed by atoms with Gasteiger partial charge in [0.05, 0.1) is 5.69 Å². The second kappa shape index (κ2) is 4.71. The summed E-state index contributed by atoms with van der Waals surface area (Å²) in [6.07, 6.45) is 0. The van der Waals surface area contributed by atoms with Crippen LogP contribution in [0.25, 0.3) is 0 Å². The molecule has 0 aliphatic rings. The maximum Gasteiger partial charge on any atom is 0.0555 e. The first-order chi connectivity index (χ1) is 7.68. The van der Waals surface area contributed by atoms with Gasteiger partial charge in [-0.05, 0) is 52.7 Å². The van der Waals surface area contributed by atoms with Crippen LogP contribution in [0.5, 0.6) is 0 Å². The average molecular weight is 276 g/mol. The van der Waals surface area contributed by atoms with Crippen molar-refractivity contribution in [3.8, 4) is 0 Å². The first kappa shape index (κ1) is 11.2. The summed E-state index contributed by atoms with van der Waals surface area (Å²) in [6, 6.07) is 16.7.